The third kappa shape index (κ3) is 32.6. The van der Waals surface area contributed by atoms with Crippen LogP contribution in [0.25, 0.3) is 0 Å². The van der Waals surface area contributed by atoms with Crippen molar-refractivity contribution in [2.45, 2.75) is 226 Å². The molecular weight excluding hydrogens is 506 g/mol. The van der Waals surface area contributed by atoms with Gasteiger partial charge in [0.15, 0.2) is 0 Å². The molecule has 0 radical (unpaired) electrons. The molecular formula is C41H84N+. The van der Waals surface area contributed by atoms with Crippen molar-refractivity contribution in [1.29, 1.82) is 0 Å². The highest BCUT2D eigenvalue weighted by Crippen LogP contribution is 2.18. The van der Waals surface area contributed by atoms with Crippen LogP contribution in [0.2, 0.25) is 0 Å². The first kappa shape index (κ1) is 41.7. The molecule has 0 atom stereocenters. The van der Waals surface area contributed by atoms with Crippen molar-refractivity contribution in [3.05, 3.63) is 12.2 Å². The van der Waals surface area contributed by atoms with Crippen molar-refractivity contribution in [3.63, 3.8) is 0 Å². The molecule has 0 aliphatic heterocycles. The van der Waals surface area contributed by atoms with Crippen LogP contribution >= 0.6 is 0 Å². The Morgan fingerprint density at radius 3 is 0.738 bits per heavy atom. The molecule has 0 rings (SSSR count). The van der Waals surface area contributed by atoms with E-state index in [1.807, 2.05) is 0 Å². The summed E-state index contributed by atoms with van der Waals surface area (Å²) >= 11 is 0. The summed E-state index contributed by atoms with van der Waals surface area (Å²) in [6, 6.07) is 0. The molecule has 0 amide bonds. The molecule has 0 saturated heterocycles. The quantitative estimate of drug-likeness (QED) is 0.0387. The molecule has 42 heavy (non-hydrogen) atoms. The SMILES string of the molecule is C=C(C)C[N+](C)(CCCCCCCCCCCCCCCCCC)CCCCCCCCCCCCCCCCCC. The number of rotatable bonds is 36. The third-order valence-electron chi connectivity index (χ3n) is 9.75. The molecule has 0 heterocycles. The van der Waals surface area contributed by atoms with Crippen molar-refractivity contribution < 1.29 is 4.48 Å². The van der Waals surface area contributed by atoms with Crippen LogP contribution in [0.4, 0.5) is 0 Å². The van der Waals surface area contributed by atoms with Crippen LogP contribution < -0.4 is 0 Å². The molecule has 1 heteroatoms. The maximum absolute atomic E-state index is 4.27. The predicted octanol–water partition coefficient (Wildman–Crippen LogP) is 14.5. The zero-order chi connectivity index (χ0) is 30.8. The van der Waals surface area contributed by atoms with E-state index in [0.717, 1.165) is 0 Å². The molecule has 0 spiro atoms. The fourth-order valence-electron chi connectivity index (χ4n) is 7.00. The maximum Gasteiger partial charge on any atom is 0.0995 e. The Morgan fingerprint density at radius 2 is 0.548 bits per heavy atom. The van der Waals surface area contributed by atoms with Gasteiger partial charge in [0.2, 0.25) is 0 Å². The standard InChI is InChI=1S/C41H84N/c1-6-8-10-12-14-16-18-20-22-24-26-28-30-32-34-36-38-42(5,40-41(3)4)39-37-35-33-31-29-27-25-23-21-19-17-15-13-11-9-7-2/h3,6-40H2,1-2,4-5H3/q+1. The normalized spacial score (nSPS) is 11.9. The smallest absolute Gasteiger partial charge is 0.0995 e. The first-order valence-electron chi connectivity index (χ1n) is 20.0. The van der Waals surface area contributed by atoms with Crippen LogP contribution in [0.15, 0.2) is 12.2 Å². The van der Waals surface area contributed by atoms with Gasteiger partial charge in [0.25, 0.3) is 0 Å². The second-order valence-corrected chi connectivity index (χ2v) is 14.8. The van der Waals surface area contributed by atoms with Crippen LogP contribution in [0.5, 0.6) is 0 Å². The summed E-state index contributed by atoms with van der Waals surface area (Å²) in [5, 5.41) is 0. The molecule has 0 bridgehead atoms. The molecule has 0 aliphatic carbocycles. The molecule has 1 nitrogen and oxygen atoms in total. The Bertz CT molecular complexity index is 487. The van der Waals surface area contributed by atoms with Gasteiger partial charge in [-0.25, -0.2) is 0 Å². The summed E-state index contributed by atoms with van der Waals surface area (Å²) in [4.78, 5) is 0. The van der Waals surface area contributed by atoms with Crippen LogP contribution in [-0.2, 0) is 0 Å². The van der Waals surface area contributed by atoms with E-state index in [2.05, 4.69) is 34.4 Å². The first-order chi connectivity index (χ1) is 20.5. The lowest BCUT2D eigenvalue weighted by Crippen LogP contribution is -2.46. The number of likely N-dealkylation sites (N-methyl/N-ethyl adjacent to an activating group) is 1. The van der Waals surface area contributed by atoms with Crippen molar-refractivity contribution in [3.8, 4) is 0 Å². The van der Waals surface area contributed by atoms with Gasteiger partial charge in [-0.15, -0.1) is 0 Å². The summed E-state index contributed by atoms with van der Waals surface area (Å²) in [5.74, 6) is 0. The summed E-state index contributed by atoms with van der Waals surface area (Å²) < 4.78 is 1.23. The van der Waals surface area contributed by atoms with E-state index in [9.17, 15) is 0 Å². The minimum Gasteiger partial charge on any atom is -0.323 e. The number of hydrogen-bond acceptors (Lipinski definition) is 0. The average molecular weight is 591 g/mol. The average Bonchev–Trinajstić information content (AvgIpc) is 2.96. The van der Waals surface area contributed by atoms with Gasteiger partial charge in [0.1, 0.15) is 0 Å². The minimum atomic E-state index is 1.18. The molecule has 0 aromatic heterocycles. The highest BCUT2D eigenvalue weighted by molar-refractivity contribution is 4.87. The van der Waals surface area contributed by atoms with E-state index in [1.165, 1.54) is 235 Å². The summed E-state index contributed by atoms with van der Waals surface area (Å²) in [7, 11) is 2.51. The lowest BCUT2D eigenvalue weighted by Gasteiger charge is -2.35. The molecule has 252 valence electrons. The van der Waals surface area contributed by atoms with Crippen molar-refractivity contribution >= 4 is 0 Å². The minimum absolute atomic E-state index is 1.18. The highest BCUT2D eigenvalue weighted by atomic mass is 15.3. The lowest BCUT2D eigenvalue weighted by atomic mass is 10.0. The van der Waals surface area contributed by atoms with Crippen molar-refractivity contribution in [1.82, 2.24) is 0 Å². The van der Waals surface area contributed by atoms with Gasteiger partial charge < -0.3 is 4.48 Å². The molecule has 0 unspecified atom stereocenters. The van der Waals surface area contributed by atoms with Crippen LogP contribution in [0.1, 0.15) is 226 Å². The summed E-state index contributed by atoms with van der Waals surface area (Å²) in [6.45, 7) is 15.0. The van der Waals surface area contributed by atoms with Crippen molar-refractivity contribution in [2.75, 3.05) is 26.7 Å². The predicted molar refractivity (Wildman–Crippen MR) is 195 cm³/mol. The summed E-state index contributed by atoms with van der Waals surface area (Å²) in [5.41, 5.74) is 1.37. The zero-order valence-electron chi connectivity index (χ0n) is 30.4. The fraction of sp³-hybridized carbons (Fsp3) is 0.951. The molecule has 0 aliphatic rings. The second-order valence-electron chi connectivity index (χ2n) is 14.8. The van der Waals surface area contributed by atoms with Gasteiger partial charge in [-0.3, -0.25) is 0 Å². The zero-order valence-corrected chi connectivity index (χ0v) is 30.4. The lowest BCUT2D eigenvalue weighted by molar-refractivity contribution is -0.905. The van der Waals surface area contributed by atoms with Crippen LogP contribution in [-0.4, -0.2) is 31.2 Å². The van der Waals surface area contributed by atoms with E-state index in [0.29, 0.717) is 0 Å². The Morgan fingerprint density at radius 1 is 0.357 bits per heavy atom. The molecule has 0 N–H and O–H groups in total. The number of hydrogen-bond donors (Lipinski definition) is 0. The molecule has 0 fully saturated rings. The molecule has 0 aromatic carbocycles. The Labute approximate surface area is 269 Å². The van der Waals surface area contributed by atoms with E-state index in [1.54, 1.807) is 0 Å². The number of nitrogens with zero attached hydrogens (tertiary/aromatic N) is 1. The van der Waals surface area contributed by atoms with Gasteiger partial charge in [-0.1, -0.05) is 200 Å². The molecule has 0 saturated carbocycles. The Kier molecular flexibility index (Phi) is 33.4. The van der Waals surface area contributed by atoms with Gasteiger partial charge in [-0.2, -0.15) is 0 Å². The van der Waals surface area contributed by atoms with Gasteiger partial charge in [0.05, 0.1) is 26.7 Å². The van der Waals surface area contributed by atoms with Crippen LogP contribution in [0.3, 0.4) is 0 Å². The monoisotopic (exact) mass is 591 g/mol. The van der Waals surface area contributed by atoms with Gasteiger partial charge in [0, 0.05) is 0 Å². The van der Waals surface area contributed by atoms with E-state index in [-0.39, 0.29) is 0 Å². The number of unbranched alkanes of at least 4 members (excludes halogenated alkanes) is 30. The number of quaternary nitrogens is 1. The largest absolute Gasteiger partial charge is 0.323 e. The molecule has 0 aromatic rings. The first-order valence-corrected chi connectivity index (χ1v) is 20.0. The van der Waals surface area contributed by atoms with E-state index >= 15 is 0 Å². The van der Waals surface area contributed by atoms with E-state index < -0.39 is 0 Å². The van der Waals surface area contributed by atoms with Gasteiger partial charge >= 0.3 is 0 Å². The maximum atomic E-state index is 4.27. The highest BCUT2D eigenvalue weighted by Gasteiger charge is 2.20. The fourth-order valence-corrected chi connectivity index (χ4v) is 7.00. The third-order valence-corrected chi connectivity index (χ3v) is 9.75. The van der Waals surface area contributed by atoms with Crippen molar-refractivity contribution in [2.24, 2.45) is 0 Å². The van der Waals surface area contributed by atoms with E-state index in [4.69, 9.17) is 0 Å². The van der Waals surface area contributed by atoms with Gasteiger partial charge in [-0.05, 0) is 38.2 Å². The Balaban J connectivity index is 3.60. The summed E-state index contributed by atoms with van der Waals surface area (Å²) in [6.07, 6.45) is 46.6. The second kappa shape index (κ2) is 33.6. The van der Waals surface area contributed by atoms with Crippen LogP contribution in [0, 0.1) is 0 Å². The Hall–Kier alpha value is -0.300. The topological polar surface area (TPSA) is 0 Å².